The van der Waals surface area contributed by atoms with Gasteiger partial charge in [0.05, 0.1) is 0 Å². The summed E-state index contributed by atoms with van der Waals surface area (Å²) in [6, 6.07) is 0.251. The summed E-state index contributed by atoms with van der Waals surface area (Å²) in [5.74, 6) is 0.810. The summed E-state index contributed by atoms with van der Waals surface area (Å²) in [4.78, 5) is 14.4. The molecule has 1 aliphatic heterocycles. The third-order valence-electron chi connectivity index (χ3n) is 4.72. The highest BCUT2D eigenvalue weighted by Crippen LogP contribution is 2.30. The number of ether oxygens (including phenoxy) is 2. The third kappa shape index (κ3) is 3.09. The summed E-state index contributed by atoms with van der Waals surface area (Å²) < 4.78 is 10.8. The van der Waals surface area contributed by atoms with Crippen molar-refractivity contribution in [3.05, 3.63) is 0 Å². The number of nitrogens with two attached hydrogens (primary N) is 1. The number of rotatable bonds is 3. The van der Waals surface area contributed by atoms with Crippen molar-refractivity contribution in [2.24, 2.45) is 17.6 Å². The van der Waals surface area contributed by atoms with Crippen LogP contribution in [0.2, 0.25) is 0 Å². The molecule has 2 rings (SSSR count). The largest absolute Gasteiger partial charge is 0.377 e. The summed E-state index contributed by atoms with van der Waals surface area (Å²) in [5.41, 5.74) is 6.02. The van der Waals surface area contributed by atoms with Crippen molar-refractivity contribution in [3.8, 4) is 0 Å². The van der Waals surface area contributed by atoms with Gasteiger partial charge in [-0.15, -0.1) is 0 Å². The lowest BCUT2D eigenvalue weighted by Crippen LogP contribution is -2.42. The molecule has 0 aromatic heterocycles. The number of likely N-dealkylation sites (tertiary alicyclic amines) is 1. The zero-order valence-corrected chi connectivity index (χ0v) is 12.2. The van der Waals surface area contributed by atoms with Gasteiger partial charge in [-0.1, -0.05) is 6.92 Å². The lowest BCUT2D eigenvalue weighted by molar-refractivity contribution is -0.136. The van der Waals surface area contributed by atoms with E-state index in [0.717, 1.165) is 19.3 Å². The van der Waals surface area contributed by atoms with Gasteiger partial charge < -0.3 is 20.1 Å². The second kappa shape index (κ2) is 6.20. The SMILES string of the molecule is COC1CN(C(=O)C2CCC(N)C(C)C2)CC1OC. The molecule has 110 valence electrons. The topological polar surface area (TPSA) is 64.8 Å². The quantitative estimate of drug-likeness (QED) is 0.816. The highest BCUT2D eigenvalue weighted by molar-refractivity contribution is 5.79. The summed E-state index contributed by atoms with van der Waals surface area (Å²) in [7, 11) is 3.35. The standard InChI is InChI=1S/C14H26N2O3/c1-9-6-10(4-5-11(9)15)14(17)16-7-12(18-2)13(8-16)19-3/h9-13H,4-8,15H2,1-3H3. The van der Waals surface area contributed by atoms with Crippen molar-refractivity contribution in [3.63, 3.8) is 0 Å². The third-order valence-corrected chi connectivity index (χ3v) is 4.72. The first kappa shape index (κ1) is 14.8. The van der Waals surface area contributed by atoms with Gasteiger partial charge in [0.1, 0.15) is 12.2 Å². The van der Waals surface area contributed by atoms with Gasteiger partial charge in [-0.2, -0.15) is 0 Å². The fourth-order valence-electron chi connectivity index (χ4n) is 3.28. The number of nitrogens with zero attached hydrogens (tertiary/aromatic N) is 1. The second-order valence-corrected chi connectivity index (χ2v) is 5.94. The maximum absolute atomic E-state index is 12.5. The molecule has 1 amide bonds. The molecule has 2 fully saturated rings. The summed E-state index contributed by atoms with van der Waals surface area (Å²) in [6.45, 7) is 3.43. The van der Waals surface area contributed by atoms with Crippen LogP contribution >= 0.6 is 0 Å². The van der Waals surface area contributed by atoms with Crippen LogP contribution in [0, 0.1) is 11.8 Å². The Hall–Kier alpha value is -0.650. The van der Waals surface area contributed by atoms with E-state index >= 15 is 0 Å². The van der Waals surface area contributed by atoms with Crippen LogP contribution < -0.4 is 5.73 Å². The Labute approximate surface area is 115 Å². The Balaban J connectivity index is 1.94. The van der Waals surface area contributed by atoms with E-state index in [0.29, 0.717) is 19.0 Å². The second-order valence-electron chi connectivity index (χ2n) is 5.94. The van der Waals surface area contributed by atoms with E-state index in [1.54, 1.807) is 14.2 Å². The van der Waals surface area contributed by atoms with Crippen LogP contribution in [0.1, 0.15) is 26.2 Å². The van der Waals surface area contributed by atoms with Gasteiger partial charge in [-0.25, -0.2) is 0 Å². The molecule has 5 heteroatoms. The Kier molecular flexibility index (Phi) is 4.81. The van der Waals surface area contributed by atoms with Gasteiger partial charge in [0.2, 0.25) is 5.91 Å². The fourth-order valence-corrected chi connectivity index (χ4v) is 3.28. The van der Waals surface area contributed by atoms with E-state index in [9.17, 15) is 4.79 Å². The van der Waals surface area contributed by atoms with E-state index in [4.69, 9.17) is 15.2 Å². The predicted molar refractivity (Wildman–Crippen MR) is 72.7 cm³/mol. The first-order chi connectivity index (χ1) is 9.06. The number of carbonyl (C=O) groups is 1. The molecule has 1 heterocycles. The molecule has 5 atom stereocenters. The molecular formula is C14H26N2O3. The number of hydrogen-bond acceptors (Lipinski definition) is 4. The Morgan fingerprint density at radius 1 is 1.16 bits per heavy atom. The van der Waals surface area contributed by atoms with E-state index in [1.807, 2.05) is 4.90 Å². The minimum absolute atomic E-state index is 0.00257. The lowest BCUT2D eigenvalue weighted by atomic mass is 9.79. The molecule has 0 radical (unpaired) electrons. The van der Waals surface area contributed by atoms with Gasteiger partial charge in [0.15, 0.2) is 0 Å². The van der Waals surface area contributed by atoms with Crippen LogP contribution in [0.5, 0.6) is 0 Å². The number of hydrogen-bond donors (Lipinski definition) is 1. The molecule has 5 nitrogen and oxygen atoms in total. The average molecular weight is 270 g/mol. The molecule has 1 saturated carbocycles. The van der Waals surface area contributed by atoms with Gasteiger partial charge in [-0.05, 0) is 25.2 Å². The van der Waals surface area contributed by atoms with Crippen LogP contribution in [0.25, 0.3) is 0 Å². The van der Waals surface area contributed by atoms with Crippen LogP contribution in [0.15, 0.2) is 0 Å². The Morgan fingerprint density at radius 3 is 2.21 bits per heavy atom. The minimum Gasteiger partial charge on any atom is -0.377 e. The van der Waals surface area contributed by atoms with Crippen LogP contribution in [-0.2, 0) is 14.3 Å². The summed E-state index contributed by atoms with van der Waals surface area (Å²) in [6.07, 6.45) is 2.77. The number of carbonyl (C=O) groups excluding carboxylic acids is 1. The minimum atomic E-state index is -0.00257. The highest BCUT2D eigenvalue weighted by Gasteiger charge is 2.39. The monoisotopic (exact) mass is 270 g/mol. The average Bonchev–Trinajstić information content (AvgIpc) is 2.84. The van der Waals surface area contributed by atoms with Crippen molar-refractivity contribution in [1.29, 1.82) is 0 Å². The molecule has 2 N–H and O–H groups in total. The van der Waals surface area contributed by atoms with Gasteiger partial charge >= 0.3 is 0 Å². The van der Waals surface area contributed by atoms with Crippen molar-refractivity contribution in [2.45, 2.75) is 44.4 Å². The predicted octanol–water partition coefficient (Wildman–Crippen LogP) is 0.622. The smallest absolute Gasteiger partial charge is 0.225 e. The van der Waals surface area contributed by atoms with E-state index in [2.05, 4.69) is 6.92 Å². The molecule has 19 heavy (non-hydrogen) atoms. The van der Waals surface area contributed by atoms with Crippen molar-refractivity contribution < 1.29 is 14.3 Å². The molecule has 5 unspecified atom stereocenters. The molecule has 0 spiro atoms. The van der Waals surface area contributed by atoms with E-state index < -0.39 is 0 Å². The molecular weight excluding hydrogens is 244 g/mol. The summed E-state index contributed by atoms with van der Waals surface area (Å²) in [5, 5.41) is 0. The number of methoxy groups -OCH3 is 2. The van der Waals surface area contributed by atoms with E-state index in [-0.39, 0.29) is 30.1 Å². The van der Waals surface area contributed by atoms with Crippen molar-refractivity contribution >= 4 is 5.91 Å². The molecule has 0 aromatic carbocycles. The van der Waals surface area contributed by atoms with E-state index in [1.165, 1.54) is 0 Å². The first-order valence-electron chi connectivity index (χ1n) is 7.16. The van der Waals surface area contributed by atoms with Crippen molar-refractivity contribution in [2.75, 3.05) is 27.3 Å². The normalized spacial score (nSPS) is 39.6. The van der Waals surface area contributed by atoms with Gasteiger partial charge in [0, 0.05) is 39.3 Å². The van der Waals surface area contributed by atoms with Gasteiger partial charge in [-0.3, -0.25) is 4.79 Å². The zero-order chi connectivity index (χ0) is 14.0. The molecule has 2 aliphatic rings. The molecule has 0 aromatic rings. The Morgan fingerprint density at radius 2 is 1.74 bits per heavy atom. The zero-order valence-electron chi connectivity index (χ0n) is 12.2. The fraction of sp³-hybridized carbons (Fsp3) is 0.929. The maximum atomic E-state index is 12.5. The maximum Gasteiger partial charge on any atom is 0.225 e. The summed E-state index contributed by atoms with van der Waals surface area (Å²) >= 11 is 0. The lowest BCUT2D eigenvalue weighted by Gasteiger charge is -2.33. The van der Waals surface area contributed by atoms with Crippen LogP contribution in [0.3, 0.4) is 0 Å². The highest BCUT2D eigenvalue weighted by atomic mass is 16.5. The van der Waals surface area contributed by atoms with Crippen LogP contribution in [0.4, 0.5) is 0 Å². The number of amides is 1. The Bertz CT molecular complexity index is 312. The van der Waals surface area contributed by atoms with Crippen molar-refractivity contribution in [1.82, 2.24) is 4.90 Å². The molecule has 1 saturated heterocycles. The first-order valence-corrected chi connectivity index (χ1v) is 7.16. The molecule has 1 aliphatic carbocycles. The molecule has 0 bridgehead atoms. The van der Waals surface area contributed by atoms with Crippen LogP contribution in [-0.4, -0.2) is 56.4 Å². The van der Waals surface area contributed by atoms with Gasteiger partial charge in [0.25, 0.3) is 0 Å².